The van der Waals surface area contributed by atoms with E-state index in [1.54, 1.807) is 11.3 Å². The van der Waals surface area contributed by atoms with Crippen LogP contribution in [-0.4, -0.2) is 24.9 Å². The van der Waals surface area contributed by atoms with Gasteiger partial charge in [-0.3, -0.25) is 4.79 Å². The third kappa shape index (κ3) is 2.62. The van der Waals surface area contributed by atoms with Crippen molar-refractivity contribution in [1.29, 1.82) is 0 Å². The number of carbonyl (C=O) groups excluding carboxylic acids is 1. The van der Waals surface area contributed by atoms with Crippen molar-refractivity contribution in [1.82, 2.24) is 4.90 Å². The lowest BCUT2D eigenvalue weighted by Gasteiger charge is -2.08. The first-order chi connectivity index (χ1) is 10.2. The van der Waals surface area contributed by atoms with Crippen molar-refractivity contribution in [2.75, 3.05) is 19.4 Å². The van der Waals surface area contributed by atoms with Gasteiger partial charge in [0.1, 0.15) is 0 Å². The van der Waals surface area contributed by atoms with Crippen LogP contribution in [0.5, 0.6) is 0 Å². The Balaban J connectivity index is 2.21. The van der Waals surface area contributed by atoms with Gasteiger partial charge in [0.2, 0.25) is 0 Å². The molecule has 1 aliphatic rings. The summed E-state index contributed by atoms with van der Waals surface area (Å²) < 4.78 is 0. The highest BCUT2D eigenvalue weighted by molar-refractivity contribution is 7.11. The first kappa shape index (κ1) is 13.6. The number of hydrogen-bond acceptors (Lipinski definition) is 3. The molecule has 3 rings (SSSR count). The largest absolute Gasteiger partial charge is 0.383 e. The number of para-hydroxylation sites is 1. The quantitative estimate of drug-likeness (QED) is 0.876. The number of anilines is 1. The second-order valence-corrected chi connectivity index (χ2v) is 5.99. The molecule has 4 heteroatoms. The Hall–Kier alpha value is -2.33. The number of carbonyl (C=O) groups is 1. The topological polar surface area (TPSA) is 32.3 Å². The Kier molecular flexibility index (Phi) is 3.62. The zero-order chi connectivity index (χ0) is 14.8. The van der Waals surface area contributed by atoms with E-state index >= 15 is 0 Å². The van der Waals surface area contributed by atoms with Gasteiger partial charge in [-0.2, -0.15) is 0 Å². The molecule has 0 aliphatic carbocycles. The van der Waals surface area contributed by atoms with E-state index in [1.165, 1.54) is 0 Å². The zero-order valence-electron chi connectivity index (χ0n) is 12.0. The third-order valence-electron chi connectivity index (χ3n) is 3.27. The van der Waals surface area contributed by atoms with Crippen LogP contribution in [0.2, 0.25) is 0 Å². The summed E-state index contributed by atoms with van der Waals surface area (Å²) in [5, 5.41) is 4.96. The Morgan fingerprint density at radius 3 is 2.71 bits per heavy atom. The molecule has 106 valence electrons. The normalized spacial score (nSPS) is 16.0. The predicted molar refractivity (Wildman–Crippen MR) is 89.0 cm³/mol. The van der Waals surface area contributed by atoms with E-state index in [0.717, 1.165) is 27.3 Å². The van der Waals surface area contributed by atoms with E-state index in [1.807, 2.05) is 73.0 Å². The standard InChI is InChI=1S/C17H16N2OS/c1-19(2)10-9-13(15-8-5-11-21-15)16-12-6-3-4-7-14(12)18-17(16)20/h3-11H,1-2H3,(H,18,20)/b10-9+,16-13+. The van der Waals surface area contributed by atoms with Gasteiger partial charge in [-0.25, -0.2) is 0 Å². The van der Waals surface area contributed by atoms with Crippen LogP contribution >= 0.6 is 11.3 Å². The summed E-state index contributed by atoms with van der Waals surface area (Å²) in [6.07, 6.45) is 3.97. The summed E-state index contributed by atoms with van der Waals surface area (Å²) in [6, 6.07) is 11.9. The van der Waals surface area contributed by atoms with Crippen LogP contribution in [-0.2, 0) is 4.79 Å². The van der Waals surface area contributed by atoms with Gasteiger partial charge < -0.3 is 10.2 Å². The number of rotatable bonds is 3. The molecule has 0 saturated carbocycles. The van der Waals surface area contributed by atoms with Gasteiger partial charge >= 0.3 is 0 Å². The fraction of sp³-hybridized carbons (Fsp3) is 0.118. The van der Waals surface area contributed by atoms with Crippen LogP contribution in [0.25, 0.3) is 11.1 Å². The van der Waals surface area contributed by atoms with Crippen LogP contribution in [0, 0.1) is 0 Å². The van der Waals surface area contributed by atoms with Crippen molar-refractivity contribution in [3.05, 3.63) is 64.5 Å². The predicted octanol–water partition coefficient (Wildman–Crippen LogP) is 3.69. The molecule has 1 N–H and O–H groups in total. The molecule has 1 aliphatic heterocycles. The molecule has 0 bridgehead atoms. The number of nitrogens with zero attached hydrogens (tertiary/aromatic N) is 1. The molecule has 0 saturated heterocycles. The minimum Gasteiger partial charge on any atom is -0.383 e. The minimum atomic E-state index is -0.0389. The fourth-order valence-corrected chi connectivity index (χ4v) is 3.09. The molecule has 3 nitrogen and oxygen atoms in total. The number of allylic oxidation sites excluding steroid dienone is 2. The second kappa shape index (κ2) is 5.58. The SMILES string of the molecule is CN(C)/C=C/C(=C1\C(=O)Nc2ccccc21)c1cccs1. The molecule has 0 atom stereocenters. The highest BCUT2D eigenvalue weighted by Crippen LogP contribution is 2.38. The molecule has 1 aromatic heterocycles. The van der Waals surface area contributed by atoms with E-state index in [-0.39, 0.29) is 5.91 Å². The van der Waals surface area contributed by atoms with Gasteiger partial charge in [-0.05, 0) is 29.8 Å². The lowest BCUT2D eigenvalue weighted by Crippen LogP contribution is -2.06. The average molecular weight is 296 g/mol. The molecule has 2 aromatic rings. The summed E-state index contributed by atoms with van der Waals surface area (Å²) in [5.74, 6) is -0.0389. The number of amides is 1. The molecule has 21 heavy (non-hydrogen) atoms. The first-order valence-electron chi connectivity index (χ1n) is 6.70. The number of benzene rings is 1. The van der Waals surface area contributed by atoms with Gasteiger partial charge in [0.15, 0.2) is 0 Å². The van der Waals surface area contributed by atoms with Crippen LogP contribution in [0.4, 0.5) is 5.69 Å². The van der Waals surface area contributed by atoms with E-state index < -0.39 is 0 Å². The number of hydrogen-bond donors (Lipinski definition) is 1. The monoisotopic (exact) mass is 296 g/mol. The van der Waals surface area contributed by atoms with Gasteiger partial charge in [0, 0.05) is 35.8 Å². The second-order valence-electron chi connectivity index (χ2n) is 5.05. The van der Waals surface area contributed by atoms with Gasteiger partial charge in [-0.1, -0.05) is 24.3 Å². The zero-order valence-corrected chi connectivity index (χ0v) is 12.8. The maximum absolute atomic E-state index is 12.4. The fourth-order valence-electron chi connectivity index (χ4n) is 2.33. The molecular weight excluding hydrogens is 280 g/mol. The minimum absolute atomic E-state index is 0.0389. The molecule has 2 heterocycles. The van der Waals surface area contributed by atoms with Crippen LogP contribution in [0.15, 0.2) is 54.1 Å². The maximum atomic E-state index is 12.4. The summed E-state index contributed by atoms with van der Waals surface area (Å²) in [5.41, 5.74) is 3.55. The van der Waals surface area contributed by atoms with Crippen LogP contribution < -0.4 is 5.32 Å². The highest BCUT2D eigenvalue weighted by Gasteiger charge is 2.27. The summed E-state index contributed by atoms with van der Waals surface area (Å²) >= 11 is 1.64. The molecular formula is C17H16N2OS. The van der Waals surface area contributed by atoms with Gasteiger partial charge in [0.25, 0.3) is 5.91 Å². The van der Waals surface area contributed by atoms with Gasteiger partial charge in [-0.15, -0.1) is 11.3 Å². The van der Waals surface area contributed by atoms with E-state index in [4.69, 9.17) is 0 Å². The van der Waals surface area contributed by atoms with E-state index in [0.29, 0.717) is 0 Å². The Labute approximate surface area is 128 Å². The summed E-state index contributed by atoms with van der Waals surface area (Å²) in [7, 11) is 3.94. The van der Waals surface area contributed by atoms with Crippen molar-refractivity contribution < 1.29 is 4.79 Å². The van der Waals surface area contributed by atoms with Crippen molar-refractivity contribution in [3.8, 4) is 0 Å². The molecule has 0 spiro atoms. The summed E-state index contributed by atoms with van der Waals surface area (Å²) in [4.78, 5) is 15.5. The van der Waals surface area contributed by atoms with Crippen LogP contribution in [0.1, 0.15) is 10.4 Å². The van der Waals surface area contributed by atoms with Gasteiger partial charge in [0.05, 0.1) is 5.57 Å². The highest BCUT2D eigenvalue weighted by atomic mass is 32.1. The van der Waals surface area contributed by atoms with Crippen molar-refractivity contribution in [2.45, 2.75) is 0 Å². The first-order valence-corrected chi connectivity index (χ1v) is 7.58. The molecule has 0 radical (unpaired) electrons. The van der Waals surface area contributed by atoms with Crippen molar-refractivity contribution >= 4 is 34.1 Å². The number of fused-ring (bicyclic) bond motifs is 1. The lowest BCUT2D eigenvalue weighted by atomic mass is 10.00. The van der Waals surface area contributed by atoms with Crippen molar-refractivity contribution in [3.63, 3.8) is 0 Å². The molecule has 1 aromatic carbocycles. The number of nitrogens with one attached hydrogen (secondary N) is 1. The van der Waals surface area contributed by atoms with E-state index in [2.05, 4.69) is 5.32 Å². The molecule has 1 amide bonds. The third-order valence-corrected chi connectivity index (χ3v) is 4.17. The van der Waals surface area contributed by atoms with Crippen LogP contribution in [0.3, 0.4) is 0 Å². The smallest absolute Gasteiger partial charge is 0.257 e. The Morgan fingerprint density at radius 2 is 2.00 bits per heavy atom. The Morgan fingerprint density at radius 1 is 1.19 bits per heavy atom. The number of thiophene rings is 1. The van der Waals surface area contributed by atoms with E-state index in [9.17, 15) is 4.79 Å². The summed E-state index contributed by atoms with van der Waals surface area (Å²) in [6.45, 7) is 0. The lowest BCUT2D eigenvalue weighted by molar-refractivity contribution is -0.110. The Bertz CT molecular complexity index is 727. The molecule has 0 unspecified atom stereocenters. The van der Waals surface area contributed by atoms with Crippen molar-refractivity contribution in [2.24, 2.45) is 0 Å². The molecule has 0 fully saturated rings. The maximum Gasteiger partial charge on any atom is 0.257 e. The average Bonchev–Trinajstić information content (AvgIpc) is 3.07.